The number of hydrogen-bond donors (Lipinski definition) is 2. The number of aliphatic hydroxyl groups is 2. The Morgan fingerprint density at radius 3 is 2.50 bits per heavy atom. The first-order chi connectivity index (χ1) is 4.22. The highest BCUT2D eigenvalue weighted by molar-refractivity contribution is 5.85. The largest absolute Gasteiger partial charge is 0.412 e. The van der Waals surface area contributed by atoms with Gasteiger partial charge in [-0.1, -0.05) is 0 Å². The van der Waals surface area contributed by atoms with Gasteiger partial charge in [0.15, 0.2) is 6.10 Å². The molecule has 0 aromatic carbocycles. The summed E-state index contributed by atoms with van der Waals surface area (Å²) in [7, 11) is 0. The Bertz CT molecular complexity index is 150. The number of aliphatic imine (C=N–C) groups is 1. The molecule has 0 aliphatic carbocycles. The van der Waals surface area contributed by atoms with Crippen LogP contribution in [0.3, 0.4) is 0 Å². The molecule has 1 atom stereocenters. The molecule has 0 spiro atoms. The van der Waals surface area contributed by atoms with Gasteiger partial charge in [0.05, 0.1) is 6.61 Å². The SMILES string of the molecule is O.O=C=NC(=O)C(O)CO. The molecular weight excluding hydrogens is 142 g/mol. The van der Waals surface area contributed by atoms with Crippen LogP contribution in [0, 0.1) is 0 Å². The van der Waals surface area contributed by atoms with Crippen molar-refractivity contribution in [2.24, 2.45) is 4.99 Å². The van der Waals surface area contributed by atoms with E-state index < -0.39 is 18.6 Å². The molecule has 0 rings (SSSR count). The Labute approximate surface area is 56.1 Å². The summed E-state index contributed by atoms with van der Waals surface area (Å²) in [6, 6.07) is 0. The number of isocyanates is 1. The van der Waals surface area contributed by atoms with Gasteiger partial charge in [0.1, 0.15) is 0 Å². The highest BCUT2D eigenvalue weighted by Gasteiger charge is 2.10. The van der Waals surface area contributed by atoms with Crippen molar-refractivity contribution < 1.29 is 25.3 Å². The van der Waals surface area contributed by atoms with Gasteiger partial charge in [0.2, 0.25) is 6.08 Å². The third kappa shape index (κ3) is 3.88. The zero-order valence-corrected chi connectivity index (χ0v) is 4.94. The van der Waals surface area contributed by atoms with Crippen LogP contribution in [-0.4, -0.2) is 40.4 Å². The second kappa shape index (κ2) is 6.06. The lowest BCUT2D eigenvalue weighted by Gasteiger charge is -1.96. The molecule has 6 heteroatoms. The van der Waals surface area contributed by atoms with Gasteiger partial charge in [-0.3, -0.25) is 4.79 Å². The average Bonchev–Trinajstić information content (AvgIpc) is 1.87. The zero-order chi connectivity index (χ0) is 7.28. The van der Waals surface area contributed by atoms with Crippen LogP contribution in [0.4, 0.5) is 0 Å². The van der Waals surface area contributed by atoms with E-state index in [-0.39, 0.29) is 5.48 Å². The van der Waals surface area contributed by atoms with Gasteiger partial charge in [-0.05, 0) is 0 Å². The van der Waals surface area contributed by atoms with E-state index in [1.165, 1.54) is 0 Å². The van der Waals surface area contributed by atoms with Crippen molar-refractivity contribution in [1.29, 1.82) is 0 Å². The van der Waals surface area contributed by atoms with Gasteiger partial charge in [-0.15, -0.1) is 4.99 Å². The molecule has 6 nitrogen and oxygen atoms in total. The molecular formula is C4H7NO5. The summed E-state index contributed by atoms with van der Waals surface area (Å²) in [5.41, 5.74) is 0. The van der Waals surface area contributed by atoms with E-state index in [4.69, 9.17) is 10.2 Å². The van der Waals surface area contributed by atoms with Crippen LogP contribution in [0.15, 0.2) is 4.99 Å². The number of amides is 1. The lowest BCUT2D eigenvalue weighted by atomic mass is 10.4. The van der Waals surface area contributed by atoms with Crippen LogP contribution in [0.2, 0.25) is 0 Å². The molecule has 0 aliphatic heterocycles. The number of carbonyl (C=O) groups is 1. The third-order valence-electron chi connectivity index (χ3n) is 0.614. The number of hydrogen-bond acceptors (Lipinski definition) is 4. The van der Waals surface area contributed by atoms with Crippen LogP contribution >= 0.6 is 0 Å². The Kier molecular flexibility index (Phi) is 7.08. The Hall–Kier alpha value is -1.07. The fourth-order valence-electron chi connectivity index (χ4n) is 0.198. The monoisotopic (exact) mass is 149 g/mol. The summed E-state index contributed by atoms with van der Waals surface area (Å²) >= 11 is 0. The predicted molar refractivity (Wildman–Crippen MR) is 29.8 cm³/mol. The van der Waals surface area contributed by atoms with Crippen LogP contribution in [0.5, 0.6) is 0 Å². The van der Waals surface area contributed by atoms with Crippen molar-refractivity contribution in [1.82, 2.24) is 0 Å². The average molecular weight is 149 g/mol. The van der Waals surface area contributed by atoms with Gasteiger partial charge in [0, 0.05) is 0 Å². The quantitative estimate of drug-likeness (QED) is 0.330. The standard InChI is InChI=1S/C4H5NO4.H2O/c6-1-3(8)4(9)5-2-7;/h3,6,8H,1H2;1H2. The number of carbonyl (C=O) groups excluding carboxylic acids is 2. The van der Waals surface area contributed by atoms with Crippen molar-refractivity contribution in [3.05, 3.63) is 0 Å². The molecule has 0 radical (unpaired) electrons. The van der Waals surface area contributed by atoms with Crippen LogP contribution in [-0.2, 0) is 9.59 Å². The van der Waals surface area contributed by atoms with Gasteiger partial charge in [-0.2, -0.15) is 0 Å². The molecule has 0 aromatic rings. The second-order valence-electron chi connectivity index (χ2n) is 1.24. The van der Waals surface area contributed by atoms with Crippen molar-refractivity contribution in [2.45, 2.75) is 6.10 Å². The highest BCUT2D eigenvalue weighted by atomic mass is 16.3. The maximum absolute atomic E-state index is 10.1. The lowest BCUT2D eigenvalue weighted by Crippen LogP contribution is -2.21. The first-order valence-corrected chi connectivity index (χ1v) is 2.13. The normalized spacial score (nSPS) is 10.6. The summed E-state index contributed by atoms with van der Waals surface area (Å²) in [6.45, 7) is -0.732. The molecule has 58 valence electrons. The minimum absolute atomic E-state index is 0. The molecule has 4 N–H and O–H groups in total. The summed E-state index contributed by atoms with van der Waals surface area (Å²) in [5, 5.41) is 16.5. The van der Waals surface area contributed by atoms with Crippen LogP contribution < -0.4 is 0 Å². The maximum atomic E-state index is 10.1. The first-order valence-electron chi connectivity index (χ1n) is 2.13. The highest BCUT2D eigenvalue weighted by Crippen LogP contribution is 1.82. The molecule has 0 saturated carbocycles. The van der Waals surface area contributed by atoms with E-state index in [0.717, 1.165) is 6.08 Å². The van der Waals surface area contributed by atoms with Crippen LogP contribution in [0.1, 0.15) is 0 Å². The number of rotatable bonds is 2. The molecule has 0 heterocycles. The maximum Gasteiger partial charge on any atom is 0.287 e. The third-order valence-corrected chi connectivity index (χ3v) is 0.614. The molecule has 0 aliphatic rings. The molecule has 0 fully saturated rings. The van der Waals surface area contributed by atoms with Gasteiger partial charge in [-0.25, -0.2) is 4.79 Å². The van der Waals surface area contributed by atoms with E-state index in [0.29, 0.717) is 0 Å². The minimum Gasteiger partial charge on any atom is -0.412 e. The van der Waals surface area contributed by atoms with Gasteiger partial charge < -0.3 is 15.7 Å². The number of aliphatic hydroxyl groups excluding tert-OH is 2. The topological polar surface area (TPSA) is 118 Å². The molecule has 0 saturated heterocycles. The summed E-state index contributed by atoms with van der Waals surface area (Å²) in [6.07, 6.45) is -0.654. The molecule has 1 amide bonds. The molecule has 1 unspecified atom stereocenters. The van der Waals surface area contributed by atoms with E-state index in [9.17, 15) is 9.59 Å². The van der Waals surface area contributed by atoms with Crippen molar-refractivity contribution in [3.63, 3.8) is 0 Å². The van der Waals surface area contributed by atoms with Crippen molar-refractivity contribution in [3.8, 4) is 0 Å². The fourth-order valence-corrected chi connectivity index (χ4v) is 0.198. The summed E-state index contributed by atoms with van der Waals surface area (Å²) < 4.78 is 0. The Morgan fingerprint density at radius 2 is 2.20 bits per heavy atom. The zero-order valence-electron chi connectivity index (χ0n) is 4.94. The summed E-state index contributed by atoms with van der Waals surface area (Å²) in [5.74, 6) is -1.08. The lowest BCUT2D eigenvalue weighted by molar-refractivity contribution is -0.127. The van der Waals surface area contributed by atoms with E-state index in [2.05, 4.69) is 4.99 Å². The van der Waals surface area contributed by atoms with E-state index in [1.807, 2.05) is 0 Å². The van der Waals surface area contributed by atoms with Crippen molar-refractivity contribution >= 4 is 12.0 Å². The van der Waals surface area contributed by atoms with Gasteiger partial charge >= 0.3 is 0 Å². The molecule has 10 heavy (non-hydrogen) atoms. The van der Waals surface area contributed by atoms with E-state index >= 15 is 0 Å². The summed E-state index contributed by atoms with van der Waals surface area (Å²) in [4.78, 5) is 22.0. The Morgan fingerprint density at radius 1 is 1.70 bits per heavy atom. The smallest absolute Gasteiger partial charge is 0.287 e. The van der Waals surface area contributed by atoms with Crippen LogP contribution in [0.25, 0.3) is 0 Å². The number of nitrogens with zero attached hydrogens (tertiary/aromatic N) is 1. The fraction of sp³-hybridized carbons (Fsp3) is 0.500. The minimum atomic E-state index is -1.59. The van der Waals surface area contributed by atoms with E-state index in [1.54, 1.807) is 0 Å². The molecule has 0 aromatic heterocycles. The van der Waals surface area contributed by atoms with Crippen molar-refractivity contribution in [2.75, 3.05) is 6.61 Å². The predicted octanol–water partition coefficient (Wildman–Crippen LogP) is -2.62. The van der Waals surface area contributed by atoms with Gasteiger partial charge in [0.25, 0.3) is 5.91 Å². The molecule has 0 bridgehead atoms. The Balaban J connectivity index is 0. The first kappa shape index (κ1) is 11.7. The second-order valence-corrected chi connectivity index (χ2v) is 1.24.